The van der Waals surface area contributed by atoms with Gasteiger partial charge in [0, 0.05) is 12.1 Å². The largest absolute Gasteiger partial charge is 0.454 e. The third-order valence-corrected chi connectivity index (χ3v) is 4.54. The minimum Gasteiger partial charge on any atom is -0.454 e. The summed E-state index contributed by atoms with van der Waals surface area (Å²) in [6.45, 7) is 2.98. The fourth-order valence-corrected chi connectivity index (χ4v) is 3.30. The number of hydrogen-bond acceptors (Lipinski definition) is 7. The molecule has 9 heteroatoms. The van der Waals surface area contributed by atoms with Crippen molar-refractivity contribution in [3.63, 3.8) is 0 Å². The molecule has 3 heterocycles. The fraction of sp³-hybridized carbons (Fsp3) is 0.529. The number of carbonyl (C=O) groups excluding carboxylic acids is 2. The normalized spacial score (nSPS) is 28.5. The Balaban J connectivity index is 1.36. The standard InChI is InChI=1S/C17H20N2O7/c1-2-18-17(21)26-13-7-23-14-10(6-22-15(13)14)19-16(20)9-3-4-11-12(5-9)25-8-24-11/h3-5,10,13-15H,2,6-8H2,1H3,(H,18,21)(H,19,20)/t10-,13+,14+,15+/m0/s1. The SMILES string of the molecule is CCNC(=O)O[C@@H]1CO[C@H]2[C@@H]1OC[C@@H]2NC(=O)c1ccc2c(c1)OCO2. The minimum atomic E-state index is -0.502. The van der Waals surface area contributed by atoms with Crippen LogP contribution in [0.25, 0.3) is 0 Å². The molecule has 4 atom stereocenters. The van der Waals surface area contributed by atoms with Crippen molar-refractivity contribution >= 4 is 12.0 Å². The Morgan fingerprint density at radius 3 is 2.81 bits per heavy atom. The monoisotopic (exact) mass is 364 g/mol. The molecule has 3 aliphatic heterocycles. The Morgan fingerprint density at radius 2 is 1.96 bits per heavy atom. The van der Waals surface area contributed by atoms with Crippen LogP contribution in [0.2, 0.25) is 0 Å². The highest BCUT2D eigenvalue weighted by Gasteiger charge is 2.50. The van der Waals surface area contributed by atoms with Crippen LogP contribution in [0.3, 0.4) is 0 Å². The first-order chi connectivity index (χ1) is 12.7. The first kappa shape index (κ1) is 16.9. The number of carbonyl (C=O) groups is 2. The van der Waals surface area contributed by atoms with Gasteiger partial charge in [-0.2, -0.15) is 0 Å². The van der Waals surface area contributed by atoms with Crippen LogP contribution < -0.4 is 20.1 Å². The zero-order chi connectivity index (χ0) is 18.1. The smallest absolute Gasteiger partial charge is 0.407 e. The Labute approximate surface area is 149 Å². The molecule has 0 unspecified atom stereocenters. The molecule has 9 nitrogen and oxygen atoms in total. The highest BCUT2D eigenvalue weighted by Crippen LogP contribution is 2.33. The molecule has 0 saturated carbocycles. The summed E-state index contributed by atoms with van der Waals surface area (Å²) < 4.78 is 27.3. The highest BCUT2D eigenvalue weighted by molar-refractivity contribution is 5.95. The maximum Gasteiger partial charge on any atom is 0.407 e. The van der Waals surface area contributed by atoms with Gasteiger partial charge in [0.15, 0.2) is 17.6 Å². The lowest BCUT2D eigenvalue weighted by Gasteiger charge is -2.18. The number of ether oxygens (including phenoxy) is 5. The van der Waals surface area contributed by atoms with Crippen molar-refractivity contribution in [2.45, 2.75) is 31.3 Å². The number of nitrogens with one attached hydrogen (secondary N) is 2. The van der Waals surface area contributed by atoms with E-state index < -0.39 is 12.2 Å². The number of benzene rings is 1. The average molecular weight is 364 g/mol. The van der Waals surface area contributed by atoms with Crippen molar-refractivity contribution in [1.29, 1.82) is 0 Å². The lowest BCUT2D eigenvalue weighted by Crippen LogP contribution is -2.44. The summed E-state index contributed by atoms with van der Waals surface area (Å²) in [7, 11) is 0. The second-order valence-electron chi connectivity index (χ2n) is 6.22. The number of alkyl carbamates (subject to hydrolysis) is 1. The maximum absolute atomic E-state index is 12.5. The van der Waals surface area contributed by atoms with Crippen LogP contribution in [0.1, 0.15) is 17.3 Å². The van der Waals surface area contributed by atoms with Gasteiger partial charge in [-0.15, -0.1) is 0 Å². The van der Waals surface area contributed by atoms with Crippen molar-refractivity contribution < 1.29 is 33.3 Å². The van der Waals surface area contributed by atoms with Crippen LogP contribution in [-0.2, 0) is 14.2 Å². The van der Waals surface area contributed by atoms with Crippen LogP contribution in [-0.4, -0.2) is 62.9 Å². The van der Waals surface area contributed by atoms with Crippen LogP contribution in [0.15, 0.2) is 18.2 Å². The molecule has 4 rings (SSSR count). The Hall–Kier alpha value is -2.52. The van der Waals surface area contributed by atoms with Gasteiger partial charge >= 0.3 is 6.09 Å². The summed E-state index contributed by atoms with van der Waals surface area (Å²) in [6, 6.07) is 4.70. The summed E-state index contributed by atoms with van der Waals surface area (Å²) in [5.41, 5.74) is 0.464. The fourth-order valence-electron chi connectivity index (χ4n) is 3.30. The van der Waals surface area contributed by atoms with Gasteiger partial charge in [-0.25, -0.2) is 4.79 Å². The molecule has 1 aromatic carbocycles. The van der Waals surface area contributed by atoms with Gasteiger partial charge in [-0.05, 0) is 25.1 Å². The number of hydrogen-bond donors (Lipinski definition) is 2. The van der Waals surface area contributed by atoms with Gasteiger partial charge in [0.1, 0.15) is 12.2 Å². The zero-order valence-electron chi connectivity index (χ0n) is 14.2. The van der Waals surface area contributed by atoms with E-state index in [0.29, 0.717) is 30.2 Å². The van der Waals surface area contributed by atoms with Gasteiger partial charge in [-0.3, -0.25) is 4.79 Å². The van der Waals surface area contributed by atoms with Crippen LogP contribution >= 0.6 is 0 Å². The van der Waals surface area contributed by atoms with E-state index in [2.05, 4.69) is 10.6 Å². The van der Waals surface area contributed by atoms with E-state index in [1.807, 2.05) is 6.92 Å². The summed E-state index contributed by atoms with van der Waals surface area (Å²) in [5.74, 6) is 0.912. The third kappa shape index (κ3) is 3.15. The first-order valence-electron chi connectivity index (χ1n) is 8.54. The number of fused-ring (bicyclic) bond motifs is 2. The van der Waals surface area contributed by atoms with E-state index in [9.17, 15) is 9.59 Å². The molecular formula is C17H20N2O7. The van der Waals surface area contributed by atoms with Gasteiger partial charge in [0.25, 0.3) is 5.91 Å². The maximum atomic E-state index is 12.5. The molecule has 0 bridgehead atoms. The molecule has 0 spiro atoms. The summed E-state index contributed by atoms with van der Waals surface area (Å²) in [6.07, 6.45) is -1.73. The van der Waals surface area contributed by atoms with Crippen molar-refractivity contribution in [3.05, 3.63) is 23.8 Å². The molecule has 1 aromatic rings. The van der Waals surface area contributed by atoms with Gasteiger partial charge in [0.2, 0.25) is 6.79 Å². The Bertz CT molecular complexity index is 710. The molecule has 2 saturated heterocycles. The van der Waals surface area contributed by atoms with Crippen molar-refractivity contribution in [3.8, 4) is 11.5 Å². The number of amides is 2. The zero-order valence-corrected chi connectivity index (χ0v) is 14.2. The molecule has 2 amide bonds. The summed E-state index contributed by atoms with van der Waals surface area (Å²) in [5, 5.41) is 5.49. The molecular weight excluding hydrogens is 344 g/mol. The van der Waals surface area contributed by atoms with Crippen LogP contribution in [0.4, 0.5) is 4.79 Å². The molecule has 140 valence electrons. The van der Waals surface area contributed by atoms with E-state index in [0.717, 1.165) is 0 Å². The molecule has 0 radical (unpaired) electrons. The first-order valence-corrected chi connectivity index (χ1v) is 8.54. The van der Waals surface area contributed by atoms with E-state index in [1.54, 1.807) is 18.2 Å². The third-order valence-electron chi connectivity index (χ3n) is 4.54. The molecule has 0 aromatic heterocycles. The van der Waals surface area contributed by atoms with Crippen molar-refractivity contribution in [2.24, 2.45) is 0 Å². The van der Waals surface area contributed by atoms with Crippen molar-refractivity contribution in [2.75, 3.05) is 26.6 Å². The molecule has 26 heavy (non-hydrogen) atoms. The van der Waals surface area contributed by atoms with Gasteiger partial charge in [0.05, 0.1) is 19.3 Å². The topological polar surface area (TPSA) is 104 Å². The second-order valence-corrected chi connectivity index (χ2v) is 6.22. The predicted molar refractivity (Wildman–Crippen MR) is 87.2 cm³/mol. The quantitative estimate of drug-likeness (QED) is 0.798. The Morgan fingerprint density at radius 1 is 1.15 bits per heavy atom. The summed E-state index contributed by atoms with van der Waals surface area (Å²) in [4.78, 5) is 24.1. The molecule has 0 aliphatic carbocycles. The molecule has 2 fully saturated rings. The highest BCUT2D eigenvalue weighted by atomic mass is 16.7. The average Bonchev–Trinajstić information content (AvgIpc) is 3.33. The number of rotatable bonds is 4. The minimum absolute atomic E-state index is 0.154. The van der Waals surface area contributed by atoms with Crippen LogP contribution in [0.5, 0.6) is 11.5 Å². The van der Waals surface area contributed by atoms with E-state index in [1.165, 1.54) is 0 Å². The van der Waals surface area contributed by atoms with E-state index in [4.69, 9.17) is 23.7 Å². The molecule has 2 N–H and O–H groups in total. The lowest BCUT2D eigenvalue weighted by molar-refractivity contribution is 0.00408. The van der Waals surface area contributed by atoms with Gasteiger partial charge < -0.3 is 34.3 Å². The van der Waals surface area contributed by atoms with Crippen LogP contribution in [0, 0.1) is 0 Å². The predicted octanol–water partition coefficient (Wildman–Crippen LogP) is 0.426. The van der Waals surface area contributed by atoms with E-state index in [-0.39, 0.29) is 37.6 Å². The van der Waals surface area contributed by atoms with Crippen molar-refractivity contribution in [1.82, 2.24) is 10.6 Å². The Kier molecular flexibility index (Phi) is 4.56. The van der Waals surface area contributed by atoms with Gasteiger partial charge in [-0.1, -0.05) is 0 Å². The molecule has 3 aliphatic rings. The second kappa shape index (κ2) is 7.00. The van der Waals surface area contributed by atoms with E-state index >= 15 is 0 Å². The summed E-state index contributed by atoms with van der Waals surface area (Å²) >= 11 is 0. The lowest BCUT2D eigenvalue weighted by atomic mass is 10.1.